The molecule has 236 valence electrons. The second kappa shape index (κ2) is 12.1. The van der Waals surface area contributed by atoms with Gasteiger partial charge in [-0.1, -0.05) is 72.8 Å². The van der Waals surface area contributed by atoms with E-state index in [0.29, 0.717) is 44.6 Å². The van der Waals surface area contributed by atoms with Crippen molar-refractivity contribution < 1.29 is 27.9 Å². The number of pyridine rings is 1. The molecule has 4 aromatic carbocycles. The van der Waals surface area contributed by atoms with Gasteiger partial charge in [0, 0.05) is 17.7 Å². The van der Waals surface area contributed by atoms with Crippen molar-refractivity contribution in [3.8, 4) is 28.3 Å². The van der Waals surface area contributed by atoms with E-state index in [0.717, 1.165) is 11.1 Å². The van der Waals surface area contributed by atoms with Crippen LogP contribution in [0, 0.1) is 5.82 Å². The van der Waals surface area contributed by atoms with Crippen molar-refractivity contribution in [2.75, 3.05) is 13.2 Å². The Bertz CT molecular complexity index is 2120. The van der Waals surface area contributed by atoms with E-state index in [1.165, 1.54) is 6.07 Å². The van der Waals surface area contributed by atoms with Crippen molar-refractivity contribution in [3.05, 3.63) is 127 Å². The van der Waals surface area contributed by atoms with Gasteiger partial charge in [0.1, 0.15) is 33.7 Å². The maximum atomic E-state index is 15.3. The molecule has 4 atom stereocenters. The molecule has 2 saturated heterocycles. The number of hydrogen-bond donors (Lipinski definition) is 2. The molecule has 0 unspecified atom stereocenters. The first-order chi connectivity index (χ1) is 22.9. The highest BCUT2D eigenvalue weighted by molar-refractivity contribution is 7.93. The highest BCUT2D eigenvalue weighted by Crippen LogP contribution is 2.34. The van der Waals surface area contributed by atoms with Crippen LogP contribution in [0.2, 0.25) is 0 Å². The van der Waals surface area contributed by atoms with Gasteiger partial charge < -0.3 is 24.3 Å². The fraction of sp³-hybridized carbons (Fsp3) is 0.162. The molecule has 2 aliphatic rings. The molecule has 2 N–H and O–H groups in total. The van der Waals surface area contributed by atoms with Gasteiger partial charge in [-0.3, -0.25) is 0 Å². The molecular weight excluding hydrogens is 617 g/mol. The first-order valence-corrected chi connectivity index (χ1v) is 16.8. The molecule has 6 aromatic rings. The summed E-state index contributed by atoms with van der Waals surface area (Å²) in [5.74, 6) is -0.0336. The Morgan fingerprint density at radius 2 is 1.38 bits per heavy atom. The largest absolute Gasteiger partial charge is 0.470 e. The van der Waals surface area contributed by atoms with E-state index >= 15 is 4.39 Å². The number of nitrogens with zero attached hydrogens (tertiary/aromatic N) is 2. The van der Waals surface area contributed by atoms with Crippen LogP contribution in [0.1, 0.15) is 0 Å². The average Bonchev–Trinajstić information content (AvgIpc) is 3.81. The van der Waals surface area contributed by atoms with Gasteiger partial charge >= 0.3 is 0 Å². The van der Waals surface area contributed by atoms with Crippen LogP contribution in [-0.4, -0.2) is 56.9 Å². The number of aromatic amines is 1. The molecule has 0 aliphatic carbocycles. The van der Waals surface area contributed by atoms with E-state index < -0.39 is 27.8 Å². The van der Waals surface area contributed by atoms with E-state index in [-0.39, 0.29) is 24.5 Å². The van der Waals surface area contributed by atoms with Crippen LogP contribution in [0.25, 0.3) is 33.4 Å². The lowest BCUT2D eigenvalue weighted by Gasteiger charge is -2.16. The Kier molecular flexibility index (Phi) is 7.57. The van der Waals surface area contributed by atoms with Crippen LogP contribution in [0.15, 0.2) is 135 Å². The fourth-order valence-corrected chi connectivity index (χ4v) is 8.07. The molecule has 0 saturated carbocycles. The minimum absolute atomic E-state index is 0.213. The van der Waals surface area contributed by atoms with Gasteiger partial charge in [0.15, 0.2) is 17.8 Å². The van der Waals surface area contributed by atoms with Gasteiger partial charge in [-0.15, -0.1) is 0 Å². The third-order valence-electron chi connectivity index (χ3n) is 8.51. The SMILES string of the molecule is O=S(=Nc1ccc(-c2ccc(-c3nc4cc(O[C@@H]5CO[C@H]6[C@@H]5OC[C@H]6O)[nH]c4cc3F)cc2)cc1)(c1ccccc1)c1ccccc1. The predicted molar refractivity (Wildman–Crippen MR) is 176 cm³/mol. The number of aromatic nitrogens is 2. The number of halogens is 1. The number of aliphatic hydroxyl groups is 1. The lowest BCUT2D eigenvalue weighted by atomic mass is 10.0. The van der Waals surface area contributed by atoms with Crippen molar-refractivity contribution in [3.63, 3.8) is 0 Å². The molecule has 2 fully saturated rings. The lowest BCUT2D eigenvalue weighted by Crippen LogP contribution is -2.34. The number of fused-ring (bicyclic) bond motifs is 2. The summed E-state index contributed by atoms with van der Waals surface area (Å²) in [4.78, 5) is 8.96. The van der Waals surface area contributed by atoms with Crippen molar-refractivity contribution in [2.24, 2.45) is 4.36 Å². The zero-order chi connectivity index (χ0) is 32.0. The Morgan fingerprint density at radius 3 is 2.04 bits per heavy atom. The van der Waals surface area contributed by atoms with E-state index in [1.807, 2.05) is 109 Å². The van der Waals surface area contributed by atoms with Crippen LogP contribution >= 0.6 is 0 Å². The summed E-state index contributed by atoms with van der Waals surface area (Å²) in [5.41, 5.74) is 4.41. The number of ether oxygens (including phenoxy) is 3. The zero-order valence-corrected chi connectivity index (χ0v) is 25.8. The maximum absolute atomic E-state index is 15.3. The number of rotatable bonds is 7. The van der Waals surface area contributed by atoms with Gasteiger partial charge in [0.25, 0.3) is 0 Å². The van der Waals surface area contributed by atoms with E-state index in [1.54, 1.807) is 6.07 Å². The molecule has 4 heterocycles. The zero-order valence-electron chi connectivity index (χ0n) is 25.0. The monoisotopic (exact) mass is 647 g/mol. The minimum atomic E-state index is -2.89. The van der Waals surface area contributed by atoms with Crippen LogP contribution in [0.4, 0.5) is 10.1 Å². The normalized spacial score (nSPS) is 20.7. The van der Waals surface area contributed by atoms with Crippen LogP contribution in [0.3, 0.4) is 0 Å². The Hall–Kier alpha value is -4.87. The number of hydrogen-bond acceptors (Lipinski definition) is 7. The van der Waals surface area contributed by atoms with Crippen molar-refractivity contribution in [1.29, 1.82) is 0 Å². The smallest absolute Gasteiger partial charge is 0.193 e. The van der Waals surface area contributed by atoms with Gasteiger partial charge in [0.05, 0.1) is 39.7 Å². The number of H-pyrrole nitrogens is 1. The summed E-state index contributed by atoms with van der Waals surface area (Å²) in [6.45, 7) is 0.505. The molecule has 47 heavy (non-hydrogen) atoms. The Morgan fingerprint density at radius 1 is 0.787 bits per heavy atom. The summed E-state index contributed by atoms with van der Waals surface area (Å²) in [5, 5.41) is 9.99. The summed E-state index contributed by atoms with van der Waals surface area (Å²) >= 11 is 0. The van der Waals surface area contributed by atoms with Gasteiger partial charge in [-0.2, -0.15) is 4.36 Å². The highest BCUT2D eigenvalue weighted by Gasteiger charge is 2.48. The van der Waals surface area contributed by atoms with Crippen molar-refractivity contribution >= 4 is 26.4 Å². The third-order valence-corrected chi connectivity index (χ3v) is 10.8. The molecule has 10 heteroatoms. The molecule has 0 amide bonds. The van der Waals surface area contributed by atoms with Crippen LogP contribution < -0.4 is 4.74 Å². The highest BCUT2D eigenvalue weighted by atomic mass is 32.2. The number of aliphatic hydroxyl groups excluding tert-OH is 1. The Balaban J connectivity index is 1.03. The molecule has 8 nitrogen and oxygen atoms in total. The fourth-order valence-electron chi connectivity index (χ4n) is 6.12. The first-order valence-electron chi connectivity index (χ1n) is 15.3. The maximum Gasteiger partial charge on any atom is 0.193 e. The predicted octanol–water partition coefficient (Wildman–Crippen LogP) is 7.16. The van der Waals surface area contributed by atoms with Gasteiger partial charge in [-0.25, -0.2) is 13.6 Å². The van der Waals surface area contributed by atoms with Crippen molar-refractivity contribution in [1.82, 2.24) is 9.97 Å². The van der Waals surface area contributed by atoms with Crippen molar-refractivity contribution in [2.45, 2.75) is 34.2 Å². The van der Waals surface area contributed by atoms with Gasteiger partial charge in [0.2, 0.25) is 0 Å². The second-order valence-corrected chi connectivity index (χ2v) is 13.7. The molecule has 0 radical (unpaired) electrons. The topological polar surface area (TPSA) is 106 Å². The van der Waals surface area contributed by atoms with Crippen LogP contribution in [0.5, 0.6) is 5.88 Å². The molecule has 2 aromatic heterocycles. The summed E-state index contributed by atoms with van der Waals surface area (Å²) < 4.78 is 51.6. The molecule has 0 spiro atoms. The summed E-state index contributed by atoms with van der Waals surface area (Å²) in [6.07, 6.45) is -1.81. The first kappa shape index (κ1) is 29.5. The molecular formula is C37H30FN3O5S. The second-order valence-electron chi connectivity index (χ2n) is 11.6. The molecule has 2 aliphatic heterocycles. The van der Waals surface area contributed by atoms with E-state index in [2.05, 4.69) is 9.97 Å². The number of nitrogens with one attached hydrogen (secondary N) is 1. The average molecular weight is 648 g/mol. The summed E-state index contributed by atoms with van der Waals surface area (Å²) in [6, 6.07) is 36.8. The number of benzene rings is 4. The van der Waals surface area contributed by atoms with E-state index in [9.17, 15) is 9.32 Å². The van der Waals surface area contributed by atoms with E-state index in [4.69, 9.17) is 18.6 Å². The molecule has 0 bridgehead atoms. The summed E-state index contributed by atoms with van der Waals surface area (Å²) in [7, 11) is -2.89. The minimum Gasteiger partial charge on any atom is -0.470 e. The molecule has 8 rings (SSSR count). The lowest BCUT2D eigenvalue weighted by molar-refractivity contribution is 0.00794. The quantitative estimate of drug-likeness (QED) is 0.191. The standard InChI is InChI=1S/C37H30FN3O5S/c38-29-19-30-31(20-34(39-30)46-33-22-45-36-32(42)21-44-37(33)36)40-35(29)25-13-11-23(12-14-25)24-15-17-26(18-16-24)41-47(43,27-7-3-1-4-8-27)28-9-5-2-6-10-28/h1-20,32-33,36-37,39,42H,21-22H2/t32-,33-,36-,37-/m1/s1. The Labute approximate surface area is 271 Å². The van der Waals surface area contributed by atoms with Crippen LogP contribution in [-0.2, 0) is 19.2 Å². The van der Waals surface area contributed by atoms with Gasteiger partial charge in [-0.05, 0) is 47.5 Å². The third kappa shape index (κ3) is 5.59.